The molecule has 1 aromatic carbocycles. The SMILES string of the molecule is Cc1cc(C(F)F)n(CC(=O)Nc2cccc(Cl)c2C)n1. The van der Waals surface area contributed by atoms with Gasteiger partial charge in [-0.1, -0.05) is 17.7 Å². The molecule has 0 aliphatic heterocycles. The van der Waals surface area contributed by atoms with E-state index in [0.29, 0.717) is 16.4 Å². The van der Waals surface area contributed by atoms with Crippen LogP contribution in [0.25, 0.3) is 0 Å². The Bertz CT molecular complexity index is 670. The fourth-order valence-corrected chi connectivity index (χ4v) is 2.11. The number of benzene rings is 1. The van der Waals surface area contributed by atoms with E-state index in [9.17, 15) is 13.6 Å². The van der Waals surface area contributed by atoms with Crippen LogP contribution < -0.4 is 5.32 Å². The molecule has 0 aliphatic rings. The van der Waals surface area contributed by atoms with Gasteiger partial charge in [0, 0.05) is 10.7 Å². The third-order valence-corrected chi connectivity index (χ3v) is 3.40. The Morgan fingerprint density at radius 1 is 1.43 bits per heavy atom. The van der Waals surface area contributed by atoms with E-state index in [1.165, 1.54) is 6.07 Å². The van der Waals surface area contributed by atoms with E-state index in [1.54, 1.807) is 32.0 Å². The van der Waals surface area contributed by atoms with Crippen LogP contribution in [0.5, 0.6) is 0 Å². The number of rotatable bonds is 4. The van der Waals surface area contributed by atoms with Crippen molar-refractivity contribution in [2.24, 2.45) is 0 Å². The summed E-state index contributed by atoms with van der Waals surface area (Å²) in [6.07, 6.45) is -2.67. The number of hydrogen-bond donors (Lipinski definition) is 1. The second-order valence-corrected chi connectivity index (χ2v) is 5.04. The van der Waals surface area contributed by atoms with Crippen molar-refractivity contribution in [3.63, 3.8) is 0 Å². The molecular weight excluding hydrogens is 300 g/mol. The van der Waals surface area contributed by atoms with Gasteiger partial charge in [0.05, 0.1) is 5.69 Å². The number of hydrogen-bond acceptors (Lipinski definition) is 2. The maximum absolute atomic E-state index is 12.8. The molecular formula is C14H14ClF2N3O. The van der Waals surface area contributed by atoms with E-state index >= 15 is 0 Å². The van der Waals surface area contributed by atoms with Gasteiger partial charge in [-0.15, -0.1) is 0 Å². The van der Waals surface area contributed by atoms with Gasteiger partial charge >= 0.3 is 0 Å². The number of alkyl halides is 2. The average Bonchev–Trinajstić information content (AvgIpc) is 2.76. The lowest BCUT2D eigenvalue weighted by atomic mass is 10.2. The quantitative estimate of drug-likeness (QED) is 0.935. The molecule has 0 fully saturated rings. The maximum atomic E-state index is 12.8. The number of aromatic nitrogens is 2. The lowest BCUT2D eigenvalue weighted by Crippen LogP contribution is -2.21. The van der Waals surface area contributed by atoms with Gasteiger partial charge in [-0.2, -0.15) is 5.10 Å². The molecule has 2 rings (SSSR count). The van der Waals surface area contributed by atoms with Crippen LogP contribution in [-0.4, -0.2) is 15.7 Å². The second-order valence-electron chi connectivity index (χ2n) is 4.63. The standard InChI is InChI=1S/C14H14ClF2N3O/c1-8-6-12(14(16)17)20(19-8)7-13(21)18-11-5-3-4-10(15)9(11)2/h3-6,14H,7H2,1-2H3,(H,18,21). The molecule has 4 nitrogen and oxygen atoms in total. The highest BCUT2D eigenvalue weighted by Gasteiger charge is 2.17. The molecule has 0 radical (unpaired) electrons. The molecule has 1 N–H and O–H groups in total. The first-order valence-electron chi connectivity index (χ1n) is 6.26. The predicted molar refractivity (Wildman–Crippen MR) is 76.7 cm³/mol. The van der Waals surface area contributed by atoms with Gasteiger partial charge in [-0.25, -0.2) is 8.78 Å². The third kappa shape index (κ3) is 3.58. The van der Waals surface area contributed by atoms with Crippen LogP contribution in [0.1, 0.15) is 23.4 Å². The number of halogens is 3. The lowest BCUT2D eigenvalue weighted by molar-refractivity contribution is -0.117. The average molecular weight is 314 g/mol. The van der Waals surface area contributed by atoms with Crippen molar-refractivity contribution in [1.82, 2.24) is 9.78 Å². The van der Waals surface area contributed by atoms with E-state index in [4.69, 9.17) is 11.6 Å². The molecule has 0 saturated carbocycles. The van der Waals surface area contributed by atoms with Gasteiger partial charge in [-0.05, 0) is 37.6 Å². The van der Waals surface area contributed by atoms with Crippen molar-refractivity contribution < 1.29 is 13.6 Å². The van der Waals surface area contributed by atoms with E-state index in [1.807, 2.05) is 0 Å². The number of nitrogens with one attached hydrogen (secondary N) is 1. The number of carbonyl (C=O) groups is 1. The summed E-state index contributed by atoms with van der Waals surface area (Å²) in [6, 6.07) is 6.37. The van der Waals surface area contributed by atoms with Crippen molar-refractivity contribution in [2.45, 2.75) is 26.8 Å². The van der Waals surface area contributed by atoms with Crippen LogP contribution in [0.4, 0.5) is 14.5 Å². The summed E-state index contributed by atoms with van der Waals surface area (Å²) in [5, 5.41) is 7.07. The molecule has 0 saturated heterocycles. The summed E-state index contributed by atoms with van der Waals surface area (Å²) in [5.74, 6) is -0.439. The Labute approximate surface area is 125 Å². The number of carbonyl (C=O) groups excluding carboxylic acids is 1. The van der Waals surface area contributed by atoms with Crippen molar-refractivity contribution in [2.75, 3.05) is 5.32 Å². The molecule has 112 valence electrons. The Hall–Kier alpha value is -1.95. The second kappa shape index (κ2) is 6.22. The van der Waals surface area contributed by atoms with Crippen LogP contribution >= 0.6 is 11.6 Å². The lowest BCUT2D eigenvalue weighted by Gasteiger charge is -2.10. The van der Waals surface area contributed by atoms with Gasteiger partial charge in [0.1, 0.15) is 12.2 Å². The molecule has 1 aromatic heterocycles. The number of nitrogens with zero attached hydrogens (tertiary/aromatic N) is 2. The minimum atomic E-state index is -2.67. The van der Waals surface area contributed by atoms with E-state index < -0.39 is 12.3 Å². The summed E-state index contributed by atoms with van der Waals surface area (Å²) in [6.45, 7) is 3.08. The van der Waals surface area contributed by atoms with Gasteiger partial charge in [-0.3, -0.25) is 9.48 Å². The summed E-state index contributed by atoms with van der Waals surface area (Å²) in [5.41, 5.74) is 1.44. The van der Waals surface area contributed by atoms with Crippen LogP contribution in [0, 0.1) is 13.8 Å². The first-order chi connectivity index (χ1) is 9.88. The minimum Gasteiger partial charge on any atom is -0.324 e. The van der Waals surface area contributed by atoms with Gasteiger partial charge in [0.25, 0.3) is 6.43 Å². The maximum Gasteiger partial charge on any atom is 0.280 e. The molecule has 7 heteroatoms. The predicted octanol–water partition coefficient (Wildman–Crippen LogP) is 3.73. The van der Waals surface area contributed by atoms with Crippen molar-refractivity contribution in [1.29, 1.82) is 0 Å². The van der Waals surface area contributed by atoms with E-state index in [0.717, 1.165) is 10.2 Å². The Morgan fingerprint density at radius 3 is 2.81 bits per heavy atom. The molecule has 1 amide bonds. The molecule has 0 aliphatic carbocycles. The molecule has 0 atom stereocenters. The molecule has 0 bridgehead atoms. The highest BCUT2D eigenvalue weighted by molar-refractivity contribution is 6.31. The zero-order valence-electron chi connectivity index (χ0n) is 11.5. The molecule has 21 heavy (non-hydrogen) atoms. The third-order valence-electron chi connectivity index (χ3n) is 2.99. The van der Waals surface area contributed by atoms with Crippen LogP contribution in [0.15, 0.2) is 24.3 Å². The summed E-state index contributed by atoms with van der Waals surface area (Å²) in [7, 11) is 0. The highest BCUT2D eigenvalue weighted by atomic mass is 35.5. The summed E-state index contributed by atoms with van der Waals surface area (Å²) in [4.78, 5) is 12.0. The highest BCUT2D eigenvalue weighted by Crippen LogP contribution is 2.23. The first-order valence-corrected chi connectivity index (χ1v) is 6.63. The van der Waals surface area contributed by atoms with E-state index in [2.05, 4.69) is 10.4 Å². The zero-order chi connectivity index (χ0) is 15.6. The van der Waals surface area contributed by atoms with Crippen molar-refractivity contribution in [3.8, 4) is 0 Å². The Balaban J connectivity index is 2.14. The van der Waals surface area contributed by atoms with Gasteiger partial charge in [0.2, 0.25) is 5.91 Å². The van der Waals surface area contributed by atoms with Crippen molar-refractivity contribution in [3.05, 3.63) is 46.2 Å². The van der Waals surface area contributed by atoms with Crippen LogP contribution in [0.2, 0.25) is 5.02 Å². The topological polar surface area (TPSA) is 46.9 Å². The number of anilines is 1. The summed E-state index contributed by atoms with van der Waals surface area (Å²) < 4.78 is 26.7. The van der Waals surface area contributed by atoms with Gasteiger partial charge < -0.3 is 5.32 Å². The zero-order valence-corrected chi connectivity index (χ0v) is 12.3. The van der Waals surface area contributed by atoms with Crippen LogP contribution in [-0.2, 0) is 11.3 Å². The number of amides is 1. The fraction of sp³-hybridized carbons (Fsp3) is 0.286. The fourth-order valence-electron chi connectivity index (χ4n) is 1.94. The Morgan fingerprint density at radius 2 is 2.14 bits per heavy atom. The smallest absolute Gasteiger partial charge is 0.280 e. The molecule has 0 spiro atoms. The van der Waals surface area contributed by atoms with Gasteiger partial charge in [0.15, 0.2) is 0 Å². The monoisotopic (exact) mass is 313 g/mol. The normalized spacial score (nSPS) is 11.0. The van der Waals surface area contributed by atoms with Crippen LogP contribution in [0.3, 0.4) is 0 Å². The molecule has 1 heterocycles. The molecule has 0 unspecified atom stereocenters. The summed E-state index contributed by atoms with van der Waals surface area (Å²) >= 11 is 5.96. The van der Waals surface area contributed by atoms with E-state index in [-0.39, 0.29) is 12.2 Å². The molecule has 2 aromatic rings. The minimum absolute atomic E-state index is 0.273. The first kappa shape index (κ1) is 15.4. The van der Waals surface area contributed by atoms with Crippen molar-refractivity contribution >= 4 is 23.2 Å². The largest absolute Gasteiger partial charge is 0.324 e. The Kier molecular flexibility index (Phi) is 4.57. The number of aryl methyl sites for hydroxylation is 1.